The molecule has 0 spiro atoms. The monoisotopic (exact) mass is 538 g/mol. The highest BCUT2D eigenvalue weighted by molar-refractivity contribution is 7.57. The Bertz CT molecular complexity index is 1390. The zero-order chi connectivity index (χ0) is 27.2. The Hall–Kier alpha value is -3.30. The molecule has 0 amide bonds. The molecule has 38 heavy (non-hydrogen) atoms. The number of benzene rings is 2. The van der Waals surface area contributed by atoms with E-state index in [0.29, 0.717) is 42.5 Å². The highest BCUT2D eigenvalue weighted by Gasteiger charge is 2.34. The Morgan fingerprint density at radius 2 is 1.82 bits per heavy atom. The maximum atomic E-state index is 14.1. The SMILES string of the molecule is Cc1ccccc1COCC(C)(C)NP(=O)(COC(C)Cn1cnc2c(N)ncnc21)Oc1ccccc1. The van der Waals surface area contributed by atoms with Gasteiger partial charge >= 0.3 is 7.52 Å². The van der Waals surface area contributed by atoms with E-state index in [9.17, 15) is 4.57 Å². The zero-order valence-corrected chi connectivity index (χ0v) is 23.1. The zero-order valence-electron chi connectivity index (χ0n) is 22.2. The number of nitrogen functional groups attached to an aromatic ring is 1. The van der Waals surface area contributed by atoms with Gasteiger partial charge in [0.1, 0.15) is 23.9 Å². The van der Waals surface area contributed by atoms with E-state index in [0.717, 1.165) is 5.56 Å². The molecule has 2 unspecified atom stereocenters. The van der Waals surface area contributed by atoms with Crippen LogP contribution in [0.1, 0.15) is 31.9 Å². The van der Waals surface area contributed by atoms with Crippen LogP contribution in [-0.4, -0.2) is 44.1 Å². The number of aromatic nitrogens is 4. The lowest BCUT2D eigenvalue weighted by atomic mass is 10.1. The lowest BCUT2D eigenvalue weighted by molar-refractivity contribution is 0.0698. The molecule has 2 aromatic heterocycles. The lowest BCUT2D eigenvalue weighted by Gasteiger charge is -2.32. The number of imidazole rings is 1. The number of nitrogens with zero attached hydrogens (tertiary/aromatic N) is 4. The highest BCUT2D eigenvalue weighted by atomic mass is 31.2. The van der Waals surface area contributed by atoms with Crippen LogP contribution in [0.4, 0.5) is 5.82 Å². The van der Waals surface area contributed by atoms with Crippen LogP contribution in [0.25, 0.3) is 11.2 Å². The van der Waals surface area contributed by atoms with Gasteiger partial charge in [0.05, 0.1) is 32.2 Å². The van der Waals surface area contributed by atoms with Crippen LogP contribution in [0.15, 0.2) is 67.3 Å². The van der Waals surface area contributed by atoms with Crippen LogP contribution in [0.3, 0.4) is 0 Å². The molecule has 2 aromatic carbocycles. The smallest absolute Gasteiger partial charge is 0.342 e. The van der Waals surface area contributed by atoms with Gasteiger partial charge in [0.15, 0.2) is 11.5 Å². The molecule has 0 aliphatic rings. The van der Waals surface area contributed by atoms with Crippen molar-refractivity contribution in [2.24, 2.45) is 0 Å². The second-order valence-corrected chi connectivity index (χ2v) is 11.9. The van der Waals surface area contributed by atoms with Crippen molar-refractivity contribution in [1.82, 2.24) is 24.6 Å². The maximum absolute atomic E-state index is 14.1. The van der Waals surface area contributed by atoms with Crippen molar-refractivity contribution in [2.75, 3.05) is 18.7 Å². The van der Waals surface area contributed by atoms with Crippen LogP contribution in [0.5, 0.6) is 5.75 Å². The largest absolute Gasteiger partial charge is 0.431 e. The quantitative estimate of drug-likeness (QED) is 0.228. The van der Waals surface area contributed by atoms with Crippen molar-refractivity contribution >= 4 is 24.5 Å². The summed E-state index contributed by atoms with van der Waals surface area (Å²) in [4.78, 5) is 12.5. The van der Waals surface area contributed by atoms with E-state index in [1.165, 1.54) is 11.9 Å². The molecule has 4 rings (SSSR count). The number of hydrogen-bond donors (Lipinski definition) is 2. The Morgan fingerprint density at radius 1 is 1.08 bits per heavy atom. The summed E-state index contributed by atoms with van der Waals surface area (Å²) < 4.78 is 34.0. The molecule has 2 heterocycles. The third kappa shape index (κ3) is 7.39. The minimum Gasteiger partial charge on any atom is -0.431 e. The molecular formula is C27H35N6O4P. The van der Waals surface area contributed by atoms with Crippen LogP contribution in [-0.2, 0) is 27.2 Å². The number of anilines is 1. The Morgan fingerprint density at radius 3 is 2.58 bits per heavy atom. The van der Waals surface area contributed by atoms with Crippen molar-refractivity contribution in [3.8, 4) is 5.75 Å². The van der Waals surface area contributed by atoms with Gasteiger partial charge in [-0.3, -0.25) is 4.57 Å². The number of nitrogens with one attached hydrogen (secondary N) is 1. The molecule has 202 valence electrons. The topological polar surface area (TPSA) is 126 Å². The summed E-state index contributed by atoms with van der Waals surface area (Å²) in [6.45, 7) is 9.01. The number of ether oxygens (including phenoxy) is 2. The minimum absolute atomic E-state index is 0.145. The minimum atomic E-state index is -3.51. The predicted octanol–water partition coefficient (Wildman–Crippen LogP) is 4.94. The molecule has 0 bridgehead atoms. The van der Waals surface area contributed by atoms with Gasteiger partial charge in [0.25, 0.3) is 0 Å². The van der Waals surface area contributed by atoms with Crippen molar-refractivity contribution < 1.29 is 18.6 Å². The summed E-state index contributed by atoms with van der Waals surface area (Å²) in [6, 6.07) is 17.1. The Kier molecular flexibility index (Phi) is 8.79. The second-order valence-electron chi connectivity index (χ2n) is 9.93. The van der Waals surface area contributed by atoms with Crippen LogP contribution >= 0.6 is 7.52 Å². The number of nitrogens with two attached hydrogens (primary N) is 1. The van der Waals surface area contributed by atoms with Crippen molar-refractivity contribution in [3.63, 3.8) is 0 Å². The molecule has 2 atom stereocenters. The average molecular weight is 539 g/mol. The first-order valence-corrected chi connectivity index (χ1v) is 14.2. The molecule has 0 saturated carbocycles. The van der Waals surface area contributed by atoms with Crippen LogP contribution in [0.2, 0.25) is 0 Å². The summed E-state index contributed by atoms with van der Waals surface area (Å²) in [6.07, 6.45) is 2.58. The summed E-state index contributed by atoms with van der Waals surface area (Å²) in [5.41, 5.74) is 8.66. The van der Waals surface area contributed by atoms with Gasteiger partial charge in [0.2, 0.25) is 0 Å². The standard InChI is InChI=1S/C27H35N6O4P/c1-20-10-8-9-11-22(20)15-35-16-27(3,4)32-38(34,37-23-12-6-5-7-13-23)19-36-21(2)14-33-18-31-24-25(28)29-17-30-26(24)33/h5-13,17-18,21H,14-16,19H2,1-4H3,(H,32,34)(H2,28,29,30). The maximum Gasteiger partial charge on any atom is 0.342 e. The molecule has 0 aliphatic carbocycles. The van der Waals surface area contributed by atoms with Gasteiger partial charge in [0, 0.05) is 5.54 Å². The van der Waals surface area contributed by atoms with Crippen molar-refractivity contribution in [3.05, 3.63) is 78.4 Å². The first-order chi connectivity index (χ1) is 18.1. The molecule has 0 aliphatic heterocycles. The fourth-order valence-electron chi connectivity index (χ4n) is 4.00. The van der Waals surface area contributed by atoms with Gasteiger partial charge in [-0.15, -0.1) is 0 Å². The number of fused-ring (bicyclic) bond motifs is 1. The normalized spacial score (nSPS) is 14.3. The Labute approximate surface area is 223 Å². The van der Waals surface area contributed by atoms with Gasteiger partial charge in [-0.25, -0.2) is 20.0 Å². The van der Waals surface area contributed by atoms with Gasteiger partial charge in [-0.2, -0.15) is 0 Å². The van der Waals surface area contributed by atoms with E-state index >= 15 is 0 Å². The summed E-state index contributed by atoms with van der Waals surface area (Å²) in [7, 11) is -3.51. The fraction of sp³-hybridized carbons (Fsp3) is 0.370. The van der Waals surface area contributed by atoms with Gasteiger partial charge < -0.3 is 24.3 Å². The molecule has 3 N–H and O–H groups in total. The van der Waals surface area contributed by atoms with E-state index in [2.05, 4.69) is 33.0 Å². The highest BCUT2D eigenvalue weighted by Crippen LogP contribution is 2.45. The van der Waals surface area contributed by atoms with E-state index in [-0.39, 0.29) is 12.5 Å². The first kappa shape index (κ1) is 27.7. The van der Waals surface area contributed by atoms with Crippen LogP contribution < -0.4 is 15.3 Å². The summed E-state index contributed by atoms with van der Waals surface area (Å²) in [5.74, 6) is 0.808. The summed E-state index contributed by atoms with van der Waals surface area (Å²) in [5, 5.41) is 3.20. The predicted molar refractivity (Wildman–Crippen MR) is 148 cm³/mol. The Balaban J connectivity index is 1.41. The number of rotatable bonds is 13. The van der Waals surface area contributed by atoms with E-state index < -0.39 is 13.1 Å². The average Bonchev–Trinajstić information content (AvgIpc) is 3.28. The molecule has 0 fully saturated rings. The molecule has 4 aromatic rings. The summed E-state index contributed by atoms with van der Waals surface area (Å²) >= 11 is 0. The van der Waals surface area contributed by atoms with E-state index in [1.807, 2.05) is 61.7 Å². The van der Waals surface area contributed by atoms with Crippen molar-refractivity contribution in [2.45, 2.75) is 52.5 Å². The van der Waals surface area contributed by atoms with Gasteiger partial charge in [-0.1, -0.05) is 42.5 Å². The molecule has 0 saturated heterocycles. The van der Waals surface area contributed by atoms with Gasteiger partial charge in [-0.05, 0) is 51.0 Å². The van der Waals surface area contributed by atoms with E-state index in [1.54, 1.807) is 18.5 Å². The molecule has 0 radical (unpaired) electrons. The number of aryl methyl sites for hydroxylation is 1. The molecule has 10 nitrogen and oxygen atoms in total. The first-order valence-electron chi connectivity index (χ1n) is 12.4. The number of hydrogen-bond acceptors (Lipinski definition) is 8. The molecule has 11 heteroatoms. The number of para-hydroxylation sites is 1. The second kappa shape index (κ2) is 12.0. The van der Waals surface area contributed by atoms with E-state index in [4.69, 9.17) is 19.7 Å². The fourth-order valence-corrected chi connectivity index (χ4v) is 6.06. The lowest BCUT2D eigenvalue weighted by Crippen LogP contribution is -2.43. The van der Waals surface area contributed by atoms with Crippen molar-refractivity contribution in [1.29, 1.82) is 0 Å². The molecular weight excluding hydrogens is 503 g/mol. The van der Waals surface area contributed by atoms with Crippen LogP contribution in [0, 0.1) is 6.92 Å². The third-order valence-corrected chi connectivity index (χ3v) is 7.80. The third-order valence-electron chi connectivity index (χ3n) is 5.86.